The number of anilines is 1. The molecule has 6 rings (SSSR count). The average Bonchev–Trinajstić information content (AvgIpc) is 3.87. The molecule has 11 heteroatoms. The molecule has 3 aliphatic rings. The van der Waals surface area contributed by atoms with Gasteiger partial charge in [0.2, 0.25) is 10.0 Å². The molecule has 0 amide bonds. The lowest BCUT2D eigenvalue weighted by Crippen LogP contribution is -2.53. The lowest BCUT2D eigenvalue weighted by molar-refractivity contribution is -0.0534. The standard InChI is InChI=1S/C38H50N2O8S/c1-26-6-13-31(14-7-26)49(42,43)40-22-34(41)37(28-9-11-29(12-10-28)38(46-4)32-21-30(32)25-45-3)36(23-40)48-24-27-8-15-35-33(20-27)39(17-19-47-35)16-5-18-44-2/h6-15,20,30,32,34,36-38,41H,5,16-19,21-25H2,1-4H3/t30-,32?,34-,36+,37+,38-/m1/s1. The van der Waals surface area contributed by atoms with Gasteiger partial charge in [0.25, 0.3) is 0 Å². The predicted molar refractivity (Wildman–Crippen MR) is 188 cm³/mol. The van der Waals surface area contributed by atoms with Gasteiger partial charge in [0, 0.05) is 60.1 Å². The van der Waals surface area contributed by atoms with Gasteiger partial charge in [0.05, 0.1) is 42.0 Å². The second-order valence-corrected chi connectivity index (χ2v) is 15.4. The number of nitrogens with zero attached hydrogens (tertiary/aromatic N) is 2. The summed E-state index contributed by atoms with van der Waals surface area (Å²) in [6, 6.07) is 21.0. The molecule has 49 heavy (non-hydrogen) atoms. The van der Waals surface area contributed by atoms with Crippen LogP contribution in [-0.2, 0) is 35.6 Å². The van der Waals surface area contributed by atoms with Crippen molar-refractivity contribution in [1.82, 2.24) is 4.31 Å². The van der Waals surface area contributed by atoms with Crippen molar-refractivity contribution in [2.24, 2.45) is 11.8 Å². The van der Waals surface area contributed by atoms with E-state index in [-0.39, 0.29) is 30.7 Å². The van der Waals surface area contributed by atoms with E-state index < -0.39 is 28.1 Å². The Labute approximate surface area is 290 Å². The Hall–Kier alpha value is -3.03. The van der Waals surface area contributed by atoms with Gasteiger partial charge >= 0.3 is 0 Å². The third kappa shape index (κ3) is 8.14. The van der Waals surface area contributed by atoms with E-state index in [9.17, 15) is 13.5 Å². The third-order valence-electron chi connectivity index (χ3n) is 10.1. The van der Waals surface area contributed by atoms with Gasteiger partial charge in [-0.05, 0) is 72.6 Å². The summed E-state index contributed by atoms with van der Waals surface area (Å²) in [7, 11) is 1.32. The summed E-state index contributed by atoms with van der Waals surface area (Å²) in [6.07, 6.45) is 0.353. The number of benzene rings is 3. The number of aliphatic hydroxyl groups excluding tert-OH is 1. The van der Waals surface area contributed by atoms with Crippen LogP contribution in [-0.4, -0.2) is 97.4 Å². The molecular weight excluding hydrogens is 644 g/mol. The lowest BCUT2D eigenvalue weighted by atomic mass is 9.84. The molecule has 3 aromatic rings. The fraction of sp³-hybridized carbons (Fsp3) is 0.526. The number of fused-ring (bicyclic) bond motifs is 1. The van der Waals surface area contributed by atoms with Gasteiger partial charge in [0.1, 0.15) is 12.4 Å². The van der Waals surface area contributed by atoms with E-state index in [4.69, 9.17) is 23.7 Å². The van der Waals surface area contributed by atoms with Crippen molar-refractivity contribution in [3.05, 3.63) is 89.0 Å². The highest BCUT2D eigenvalue weighted by Gasteiger charge is 2.45. The van der Waals surface area contributed by atoms with E-state index >= 15 is 0 Å². The molecule has 1 saturated heterocycles. The second-order valence-electron chi connectivity index (χ2n) is 13.5. The van der Waals surface area contributed by atoms with Crippen molar-refractivity contribution in [2.75, 3.05) is 72.2 Å². The maximum absolute atomic E-state index is 13.8. The van der Waals surface area contributed by atoms with Crippen LogP contribution in [0.1, 0.15) is 47.1 Å². The van der Waals surface area contributed by atoms with Crippen molar-refractivity contribution in [3.63, 3.8) is 0 Å². The fourth-order valence-corrected chi connectivity index (χ4v) is 8.83. The minimum atomic E-state index is -3.86. The van der Waals surface area contributed by atoms with E-state index in [0.29, 0.717) is 25.0 Å². The molecule has 1 unspecified atom stereocenters. The van der Waals surface area contributed by atoms with Crippen molar-refractivity contribution in [2.45, 2.75) is 55.5 Å². The number of sulfonamides is 1. The number of aryl methyl sites for hydroxylation is 1. The molecule has 2 fully saturated rings. The van der Waals surface area contributed by atoms with E-state index in [2.05, 4.69) is 23.1 Å². The van der Waals surface area contributed by atoms with E-state index in [1.165, 1.54) is 4.31 Å². The Morgan fingerprint density at radius 1 is 0.980 bits per heavy atom. The highest BCUT2D eigenvalue weighted by molar-refractivity contribution is 7.89. The molecular formula is C38H50N2O8S. The van der Waals surface area contributed by atoms with Crippen LogP contribution < -0.4 is 9.64 Å². The maximum atomic E-state index is 13.8. The van der Waals surface area contributed by atoms with Crippen LogP contribution in [0.3, 0.4) is 0 Å². The Morgan fingerprint density at radius 2 is 1.76 bits per heavy atom. The quantitative estimate of drug-likeness (QED) is 0.222. The fourth-order valence-electron chi connectivity index (χ4n) is 7.36. The van der Waals surface area contributed by atoms with Crippen LogP contribution in [0, 0.1) is 18.8 Å². The van der Waals surface area contributed by atoms with Gasteiger partial charge in [0.15, 0.2) is 0 Å². The summed E-state index contributed by atoms with van der Waals surface area (Å²) >= 11 is 0. The topological polar surface area (TPSA) is 107 Å². The molecule has 266 valence electrons. The van der Waals surface area contributed by atoms with Crippen molar-refractivity contribution in [3.8, 4) is 5.75 Å². The van der Waals surface area contributed by atoms with Crippen LogP contribution in [0.2, 0.25) is 0 Å². The van der Waals surface area contributed by atoms with Crippen LogP contribution in [0.15, 0.2) is 71.6 Å². The number of hydrogen-bond acceptors (Lipinski definition) is 9. The highest BCUT2D eigenvalue weighted by Crippen LogP contribution is 2.49. The second kappa shape index (κ2) is 15.9. The van der Waals surface area contributed by atoms with Crippen LogP contribution >= 0.6 is 0 Å². The molecule has 2 heterocycles. The molecule has 0 aromatic heterocycles. The Kier molecular flexibility index (Phi) is 11.6. The molecule has 6 atom stereocenters. The molecule has 2 aliphatic heterocycles. The highest BCUT2D eigenvalue weighted by atomic mass is 32.2. The number of methoxy groups -OCH3 is 3. The summed E-state index contributed by atoms with van der Waals surface area (Å²) in [5, 5.41) is 11.7. The van der Waals surface area contributed by atoms with Gasteiger partial charge in [-0.25, -0.2) is 8.42 Å². The number of rotatable bonds is 15. The average molecular weight is 695 g/mol. The third-order valence-corrected chi connectivity index (χ3v) is 12.0. The molecule has 0 radical (unpaired) electrons. The number of hydrogen-bond donors (Lipinski definition) is 1. The minimum absolute atomic E-state index is 0.0312. The number of aliphatic hydroxyl groups is 1. The molecule has 1 N–H and O–H groups in total. The zero-order chi connectivity index (χ0) is 34.5. The Bertz CT molecular complexity index is 1630. The van der Waals surface area contributed by atoms with E-state index in [1.807, 2.05) is 31.2 Å². The first-order valence-corrected chi connectivity index (χ1v) is 18.6. The smallest absolute Gasteiger partial charge is 0.243 e. The zero-order valence-corrected chi connectivity index (χ0v) is 29.8. The SMILES string of the molecule is COCCCN1CCOc2ccc(CO[C@H]3CN(S(=O)(=O)c4ccc(C)cc4)C[C@@H](O)[C@@H]3c3ccc([C@@H](OC)C4C[C@@H]4COC)cc3)cc21. The first kappa shape index (κ1) is 35.8. The van der Waals surface area contributed by atoms with Gasteiger partial charge in [-0.1, -0.05) is 48.0 Å². The van der Waals surface area contributed by atoms with E-state index in [0.717, 1.165) is 66.2 Å². The number of ether oxygens (including phenoxy) is 5. The maximum Gasteiger partial charge on any atom is 0.243 e. The van der Waals surface area contributed by atoms with Gasteiger partial charge in [-0.3, -0.25) is 0 Å². The van der Waals surface area contributed by atoms with Gasteiger partial charge in [-0.2, -0.15) is 4.31 Å². The van der Waals surface area contributed by atoms with Crippen LogP contribution in [0.25, 0.3) is 0 Å². The largest absolute Gasteiger partial charge is 0.490 e. The Morgan fingerprint density at radius 3 is 2.47 bits per heavy atom. The van der Waals surface area contributed by atoms with Crippen molar-refractivity contribution < 1.29 is 37.2 Å². The number of piperidine rings is 1. The summed E-state index contributed by atoms with van der Waals surface area (Å²) < 4.78 is 58.1. The normalized spacial score (nSPS) is 24.7. The molecule has 10 nitrogen and oxygen atoms in total. The van der Waals surface area contributed by atoms with Gasteiger partial charge in [-0.15, -0.1) is 0 Å². The molecule has 3 aromatic carbocycles. The molecule has 1 saturated carbocycles. The Balaban J connectivity index is 1.24. The molecule has 0 bridgehead atoms. The van der Waals surface area contributed by atoms with Crippen molar-refractivity contribution >= 4 is 15.7 Å². The van der Waals surface area contributed by atoms with Crippen LogP contribution in [0.5, 0.6) is 5.75 Å². The summed E-state index contributed by atoms with van der Waals surface area (Å²) in [5.41, 5.74) is 4.91. The summed E-state index contributed by atoms with van der Waals surface area (Å²) in [6.45, 7) is 5.92. The predicted octanol–water partition coefficient (Wildman–Crippen LogP) is 4.93. The number of β-amino-alcohol motifs (C(OH)–C–C–N with tert-alkyl or cyclic N) is 1. The molecule has 0 spiro atoms. The first-order chi connectivity index (χ1) is 23.7. The zero-order valence-electron chi connectivity index (χ0n) is 29.0. The van der Waals surface area contributed by atoms with Crippen LogP contribution in [0.4, 0.5) is 5.69 Å². The minimum Gasteiger partial charge on any atom is -0.490 e. The molecule has 1 aliphatic carbocycles. The summed E-state index contributed by atoms with van der Waals surface area (Å²) in [4.78, 5) is 2.51. The summed E-state index contributed by atoms with van der Waals surface area (Å²) in [5.74, 6) is 1.29. The van der Waals surface area contributed by atoms with Gasteiger partial charge < -0.3 is 33.7 Å². The first-order valence-electron chi connectivity index (χ1n) is 17.2. The van der Waals surface area contributed by atoms with Crippen molar-refractivity contribution in [1.29, 1.82) is 0 Å². The lowest BCUT2D eigenvalue weighted by Gasteiger charge is -2.41. The van der Waals surface area contributed by atoms with E-state index in [1.54, 1.807) is 45.6 Å². The monoisotopic (exact) mass is 694 g/mol.